The Labute approximate surface area is 425 Å². The Hall–Kier alpha value is -7.44. The fourth-order valence-corrected chi connectivity index (χ4v) is 8.98. The van der Waals surface area contributed by atoms with E-state index in [4.69, 9.17) is 37.3 Å². The molecule has 26 heteroatoms. The third kappa shape index (κ3) is 9.95. The molecular weight excluding hydrogens is 1020 g/mol. The van der Waals surface area contributed by atoms with E-state index in [9.17, 15) is 90.7 Å². The summed E-state index contributed by atoms with van der Waals surface area (Å²) < 4.78 is 46.4. The number of phenols is 2. The fourth-order valence-electron chi connectivity index (χ4n) is 8.98. The largest absolute Gasteiger partial charge is 0.507 e. The van der Waals surface area contributed by atoms with Crippen molar-refractivity contribution < 1.29 is 118 Å². The average molecular weight is 1070 g/mol. The van der Waals surface area contributed by atoms with Gasteiger partial charge in [0.2, 0.25) is 0 Å². The van der Waals surface area contributed by atoms with E-state index in [2.05, 4.69) is 0 Å². The van der Waals surface area contributed by atoms with Crippen molar-refractivity contribution in [1.82, 2.24) is 0 Å². The van der Waals surface area contributed by atoms with Crippen LogP contribution in [-0.4, -0.2) is 183 Å². The minimum absolute atomic E-state index is 0.0261. The van der Waals surface area contributed by atoms with Gasteiger partial charge < -0.3 is 109 Å². The first-order valence-electron chi connectivity index (χ1n) is 22.8. The highest BCUT2D eigenvalue weighted by molar-refractivity contribution is 6.02. The van der Waals surface area contributed by atoms with Crippen LogP contribution in [0.3, 0.4) is 0 Å². The first-order chi connectivity index (χ1) is 36.0. The van der Waals surface area contributed by atoms with Crippen molar-refractivity contribution in [2.45, 2.75) is 85.5 Å². The van der Waals surface area contributed by atoms with Gasteiger partial charge in [0.15, 0.2) is 16.4 Å². The van der Waals surface area contributed by atoms with Gasteiger partial charge in [-0.15, -0.1) is 0 Å². The molecule has 0 unspecified atom stereocenters. The number of aliphatic carboxylic acids is 2. The Morgan fingerprint density at radius 2 is 1.13 bits per heavy atom. The van der Waals surface area contributed by atoms with Crippen LogP contribution in [0.4, 0.5) is 0 Å². The Bertz CT molecular complexity index is 3280. The summed E-state index contributed by atoms with van der Waals surface area (Å²) in [6, 6.07) is 14.2. The van der Waals surface area contributed by atoms with Crippen LogP contribution in [0.15, 0.2) is 91.2 Å². The highest BCUT2D eigenvalue weighted by atomic mass is 16.7. The lowest BCUT2D eigenvalue weighted by molar-refractivity contribution is -0.303. The van der Waals surface area contributed by atoms with E-state index in [1.54, 1.807) is 0 Å². The van der Waals surface area contributed by atoms with Crippen LogP contribution in [-0.2, 0) is 19.1 Å². The summed E-state index contributed by atoms with van der Waals surface area (Å²) in [4.78, 5) is 53.8. The molecule has 26 nitrogen and oxygen atoms in total. The highest BCUT2D eigenvalue weighted by Crippen LogP contribution is 2.49. The standard InChI is InChI=1S/C50H50O26/c1-69-22-10-24(53)38-25(54)12-34(71-35(38)11-22)20-5-8-32(70-2)23(9-20)37-36(74-50(48(67)68)16-29(58)41(62)46(76-50)43(64)31(60)18-52)14-27(56)39-26(55)13-33(72-44(37)39)19-3-6-21(7-4-19)73-49(47(65)66)15-28(57)40(61)45(75-49)42(63)30(59)17-51/h3-14,28-31,40-43,45-46,51-53,56-64H,15-18H2,1-2H3,(H,65,66)(H,67,68)/t28-,29-,30+,31+,40+,41+,42+,43+,45+,46+,49-,50-/m0/s1. The summed E-state index contributed by atoms with van der Waals surface area (Å²) >= 11 is 0. The minimum Gasteiger partial charge on any atom is -0.507 e. The molecule has 6 aromatic rings. The molecule has 14 N–H and O–H groups in total. The molecule has 0 radical (unpaired) electrons. The molecule has 2 aliphatic heterocycles. The molecule has 4 aromatic carbocycles. The lowest BCUT2D eigenvalue weighted by Crippen LogP contribution is -2.65. The third-order valence-corrected chi connectivity index (χ3v) is 13.0. The SMILES string of the molecule is COc1cc(O)c2c(=O)cc(-c3ccc(OC)c(-c4c(O[C@@]5(C(=O)O)C[C@H](O)[C@@H](O)[C@H]([C@H](O)[C@H](O)CO)O5)cc(O)c5c(=O)cc(-c6ccc(O[C@@]7(C(=O)O)C[C@H](O)[C@@H](O)[C@H]([C@H](O)[C@H](O)CO)O7)cc6)oc45)c3)oc2c1. The molecule has 0 spiro atoms. The Kier molecular flexibility index (Phi) is 15.4. The molecule has 2 saturated heterocycles. The second-order valence-electron chi connectivity index (χ2n) is 17.9. The molecule has 2 fully saturated rings. The van der Waals surface area contributed by atoms with Crippen LogP contribution in [0, 0.1) is 0 Å². The number of rotatable bonds is 17. The zero-order chi connectivity index (χ0) is 55.3. The van der Waals surface area contributed by atoms with E-state index >= 15 is 0 Å². The number of aromatic hydroxyl groups is 2. The molecule has 0 amide bonds. The van der Waals surface area contributed by atoms with Gasteiger partial charge in [-0.25, -0.2) is 9.59 Å². The smallest absolute Gasteiger partial charge is 0.377 e. The van der Waals surface area contributed by atoms with Gasteiger partial charge in [0.25, 0.3) is 0 Å². The number of carboxylic acids is 2. The van der Waals surface area contributed by atoms with Crippen LogP contribution in [0.2, 0.25) is 0 Å². The van der Waals surface area contributed by atoms with Crippen molar-refractivity contribution in [1.29, 1.82) is 0 Å². The van der Waals surface area contributed by atoms with Crippen molar-refractivity contribution in [3.05, 3.63) is 93.2 Å². The number of hydrogen-bond donors (Lipinski definition) is 14. The minimum atomic E-state index is -3.14. The van der Waals surface area contributed by atoms with Crippen molar-refractivity contribution >= 4 is 33.9 Å². The Morgan fingerprint density at radius 3 is 1.66 bits per heavy atom. The Balaban J connectivity index is 1.31. The van der Waals surface area contributed by atoms with Gasteiger partial charge >= 0.3 is 23.5 Å². The quantitative estimate of drug-likeness (QED) is 0.0526. The molecule has 0 bridgehead atoms. The monoisotopic (exact) mass is 1070 g/mol. The maximum atomic E-state index is 14.3. The van der Waals surface area contributed by atoms with E-state index in [1.165, 1.54) is 56.7 Å². The molecule has 4 heterocycles. The lowest BCUT2D eigenvalue weighted by atomic mass is 9.90. The number of fused-ring (bicyclic) bond motifs is 2. The summed E-state index contributed by atoms with van der Waals surface area (Å²) in [6.45, 7) is -2.14. The zero-order valence-electron chi connectivity index (χ0n) is 39.7. The highest BCUT2D eigenvalue weighted by Gasteiger charge is 2.58. The number of carbonyl (C=O) groups is 2. The molecule has 2 aliphatic rings. The van der Waals surface area contributed by atoms with E-state index < -0.39 is 155 Å². The molecule has 12 atom stereocenters. The number of benzene rings is 4. The molecule has 0 saturated carbocycles. The maximum Gasteiger partial charge on any atom is 0.377 e. The van der Waals surface area contributed by atoms with Gasteiger partial charge in [-0.05, 0) is 42.5 Å². The molecule has 8 rings (SSSR count). The van der Waals surface area contributed by atoms with Crippen LogP contribution in [0.1, 0.15) is 12.8 Å². The summed E-state index contributed by atoms with van der Waals surface area (Å²) in [5.74, 6) is -12.6. The van der Waals surface area contributed by atoms with Crippen molar-refractivity contribution in [3.63, 3.8) is 0 Å². The predicted molar refractivity (Wildman–Crippen MR) is 254 cm³/mol. The van der Waals surface area contributed by atoms with Crippen LogP contribution in [0.5, 0.6) is 34.5 Å². The molecule has 76 heavy (non-hydrogen) atoms. The van der Waals surface area contributed by atoms with Crippen molar-refractivity contribution in [3.8, 4) is 68.3 Å². The lowest BCUT2D eigenvalue weighted by Gasteiger charge is -2.44. The molecule has 0 aliphatic carbocycles. The molecule has 406 valence electrons. The maximum absolute atomic E-state index is 14.3. The zero-order valence-corrected chi connectivity index (χ0v) is 39.7. The van der Waals surface area contributed by atoms with E-state index in [-0.39, 0.29) is 56.4 Å². The van der Waals surface area contributed by atoms with Gasteiger partial charge in [0.05, 0.1) is 58.0 Å². The van der Waals surface area contributed by atoms with Crippen molar-refractivity contribution in [2.75, 3.05) is 27.4 Å². The summed E-state index contributed by atoms with van der Waals surface area (Å²) in [5, 5.41) is 146. The second-order valence-corrected chi connectivity index (χ2v) is 17.9. The topological polar surface area (TPSA) is 433 Å². The van der Waals surface area contributed by atoms with Crippen molar-refractivity contribution in [2.24, 2.45) is 0 Å². The normalized spacial score (nSPS) is 25.3. The first-order valence-corrected chi connectivity index (χ1v) is 22.8. The van der Waals surface area contributed by atoms with E-state index in [1.807, 2.05) is 0 Å². The van der Waals surface area contributed by atoms with Crippen LogP contribution in [0.25, 0.3) is 55.7 Å². The van der Waals surface area contributed by atoms with Gasteiger partial charge in [-0.1, -0.05) is 0 Å². The average Bonchev–Trinajstić information content (AvgIpc) is 3.42. The number of aliphatic hydroxyl groups excluding tert-OH is 10. The summed E-state index contributed by atoms with van der Waals surface area (Å²) in [6.07, 6.45) is -22.5. The van der Waals surface area contributed by atoms with Gasteiger partial charge in [-0.2, -0.15) is 0 Å². The predicted octanol–water partition coefficient (Wildman–Crippen LogP) is -0.902. The number of phenolic OH excluding ortho intramolecular Hbond substituents is 2. The van der Waals surface area contributed by atoms with E-state index in [0.717, 1.165) is 30.3 Å². The second kappa shape index (κ2) is 21.3. The van der Waals surface area contributed by atoms with Crippen LogP contribution >= 0.6 is 0 Å². The first kappa shape index (κ1) is 54.8. The summed E-state index contributed by atoms with van der Waals surface area (Å²) in [5.41, 5.74) is -2.81. The van der Waals surface area contributed by atoms with Gasteiger partial charge in [0, 0.05) is 47.0 Å². The van der Waals surface area contributed by atoms with Gasteiger partial charge in [0.1, 0.15) is 111 Å². The fraction of sp³-hybridized carbons (Fsp3) is 0.360. The van der Waals surface area contributed by atoms with Crippen LogP contribution < -0.4 is 29.8 Å². The number of carboxylic acid groups (broad SMARTS) is 2. The Morgan fingerprint density at radius 1 is 0.618 bits per heavy atom. The number of aliphatic hydroxyl groups is 10. The number of ether oxygens (including phenoxy) is 6. The summed E-state index contributed by atoms with van der Waals surface area (Å²) in [7, 11) is 2.53. The van der Waals surface area contributed by atoms with Gasteiger partial charge in [-0.3, -0.25) is 9.59 Å². The third-order valence-electron chi connectivity index (χ3n) is 13.0. The number of hydrogen-bond acceptors (Lipinski definition) is 24. The molecular formula is C50H50O26. The molecule has 2 aromatic heterocycles. The number of methoxy groups -OCH3 is 2. The van der Waals surface area contributed by atoms with E-state index in [0.29, 0.717) is 0 Å².